The zero-order valence-electron chi connectivity index (χ0n) is 11.3. The number of rotatable bonds is 1. The minimum atomic E-state index is 0.0240. The lowest BCUT2D eigenvalue weighted by Gasteiger charge is -2.26. The first-order chi connectivity index (χ1) is 9.83. The van der Waals surface area contributed by atoms with Crippen LogP contribution in [0.25, 0.3) is 10.2 Å². The molecule has 3 heterocycles. The highest BCUT2D eigenvalue weighted by molar-refractivity contribution is 7.18. The van der Waals surface area contributed by atoms with Crippen LogP contribution in [0.1, 0.15) is 23.3 Å². The summed E-state index contributed by atoms with van der Waals surface area (Å²) in [5.74, 6) is 0.699. The summed E-state index contributed by atoms with van der Waals surface area (Å²) in [6, 6.07) is 0. The predicted octanol–water partition coefficient (Wildman–Crippen LogP) is 1.70. The summed E-state index contributed by atoms with van der Waals surface area (Å²) < 4.78 is 5.35. The van der Waals surface area contributed by atoms with Gasteiger partial charge < -0.3 is 9.64 Å². The van der Waals surface area contributed by atoms with E-state index in [0.29, 0.717) is 19.2 Å². The lowest BCUT2D eigenvalue weighted by atomic mass is 9.97. The summed E-state index contributed by atoms with van der Waals surface area (Å²) in [6.07, 6.45) is 4.54. The molecular weight excluding hydrogens is 274 g/mol. The van der Waals surface area contributed by atoms with E-state index in [1.165, 1.54) is 23.3 Å². The van der Waals surface area contributed by atoms with Crippen LogP contribution < -0.4 is 10.5 Å². The minimum absolute atomic E-state index is 0.0240. The molecule has 1 aliphatic heterocycles. The Labute approximate surface area is 120 Å². The second kappa shape index (κ2) is 4.86. The van der Waals surface area contributed by atoms with Crippen molar-refractivity contribution >= 4 is 27.5 Å². The van der Waals surface area contributed by atoms with E-state index in [2.05, 4.69) is 9.88 Å². The van der Waals surface area contributed by atoms with Crippen molar-refractivity contribution in [3.63, 3.8) is 0 Å². The normalized spacial score (nSPS) is 19.3. The molecule has 1 aliphatic carbocycles. The number of aryl methyl sites for hydroxylation is 2. The smallest absolute Gasteiger partial charge is 0.261 e. The van der Waals surface area contributed by atoms with Crippen molar-refractivity contribution in [2.45, 2.75) is 25.7 Å². The van der Waals surface area contributed by atoms with Crippen LogP contribution in [-0.2, 0) is 17.6 Å². The molecule has 0 unspecified atom stereocenters. The minimum Gasteiger partial charge on any atom is -0.378 e. The third-order valence-electron chi connectivity index (χ3n) is 4.12. The number of thiophene rings is 1. The molecule has 0 radical (unpaired) electrons. The van der Waals surface area contributed by atoms with E-state index in [0.717, 1.165) is 36.1 Å². The fourth-order valence-electron chi connectivity index (χ4n) is 3.08. The molecule has 1 fully saturated rings. The number of aromatic amines is 1. The van der Waals surface area contributed by atoms with Crippen molar-refractivity contribution in [1.29, 1.82) is 0 Å². The van der Waals surface area contributed by atoms with Gasteiger partial charge in [0.1, 0.15) is 4.83 Å². The number of fused-ring (bicyclic) bond motifs is 3. The standard InChI is InChI=1S/C14H17N3O2S/c18-12-11-9-3-1-2-4-10(9)20-13(11)16-14(15-12)17-5-7-19-8-6-17/h1-8H2,(H,15,16,18). The van der Waals surface area contributed by atoms with Crippen molar-refractivity contribution < 1.29 is 4.74 Å². The van der Waals surface area contributed by atoms with Crippen LogP contribution in [0.4, 0.5) is 5.95 Å². The van der Waals surface area contributed by atoms with Crippen molar-refractivity contribution in [3.05, 3.63) is 20.8 Å². The van der Waals surface area contributed by atoms with Crippen LogP contribution in [0.15, 0.2) is 4.79 Å². The van der Waals surface area contributed by atoms with Crippen molar-refractivity contribution in [2.24, 2.45) is 0 Å². The molecule has 0 bridgehead atoms. The first-order valence-corrected chi connectivity index (χ1v) is 8.02. The van der Waals surface area contributed by atoms with Crippen molar-refractivity contribution in [2.75, 3.05) is 31.2 Å². The number of H-pyrrole nitrogens is 1. The molecular formula is C14H17N3O2S. The molecule has 4 rings (SSSR count). The van der Waals surface area contributed by atoms with E-state index >= 15 is 0 Å². The molecule has 20 heavy (non-hydrogen) atoms. The zero-order valence-corrected chi connectivity index (χ0v) is 12.1. The molecule has 1 saturated heterocycles. The summed E-state index contributed by atoms with van der Waals surface area (Å²) in [5.41, 5.74) is 1.27. The van der Waals surface area contributed by atoms with Gasteiger partial charge in [0.25, 0.3) is 5.56 Å². The maximum absolute atomic E-state index is 12.4. The average Bonchev–Trinajstić information content (AvgIpc) is 2.87. The molecule has 0 atom stereocenters. The number of hydrogen-bond donors (Lipinski definition) is 1. The lowest BCUT2D eigenvalue weighted by molar-refractivity contribution is 0.122. The summed E-state index contributed by atoms with van der Waals surface area (Å²) in [5, 5.41) is 0.835. The van der Waals surface area contributed by atoms with Crippen LogP contribution >= 0.6 is 11.3 Å². The number of nitrogens with one attached hydrogen (secondary N) is 1. The third-order valence-corrected chi connectivity index (χ3v) is 5.31. The van der Waals surface area contributed by atoms with E-state index in [1.54, 1.807) is 11.3 Å². The van der Waals surface area contributed by atoms with Gasteiger partial charge in [0.15, 0.2) is 0 Å². The average molecular weight is 291 g/mol. The number of nitrogens with zero attached hydrogens (tertiary/aromatic N) is 2. The Kier molecular flexibility index (Phi) is 3.00. The lowest BCUT2D eigenvalue weighted by Crippen LogP contribution is -2.38. The first kappa shape index (κ1) is 12.3. The second-order valence-corrected chi connectivity index (χ2v) is 6.46. The zero-order chi connectivity index (χ0) is 13.5. The summed E-state index contributed by atoms with van der Waals surface area (Å²) in [6.45, 7) is 2.98. The van der Waals surface area contributed by atoms with E-state index < -0.39 is 0 Å². The molecule has 5 nitrogen and oxygen atoms in total. The fourth-order valence-corrected chi connectivity index (χ4v) is 4.33. The molecule has 0 spiro atoms. The van der Waals surface area contributed by atoms with E-state index in [1.807, 2.05) is 0 Å². The largest absolute Gasteiger partial charge is 0.378 e. The molecule has 2 aromatic heterocycles. The predicted molar refractivity (Wildman–Crippen MR) is 79.9 cm³/mol. The number of hydrogen-bond acceptors (Lipinski definition) is 5. The van der Waals surface area contributed by atoms with Gasteiger partial charge in [-0.3, -0.25) is 9.78 Å². The van der Waals surface area contributed by atoms with Crippen LogP contribution in [-0.4, -0.2) is 36.3 Å². The molecule has 1 N–H and O–H groups in total. The highest BCUT2D eigenvalue weighted by atomic mass is 32.1. The Hall–Kier alpha value is -1.40. The van der Waals surface area contributed by atoms with E-state index in [-0.39, 0.29) is 5.56 Å². The molecule has 0 saturated carbocycles. The SMILES string of the molecule is O=c1[nH]c(N2CCOCC2)nc2sc3c(c12)CCCC3. The van der Waals surface area contributed by atoms with Crippen LogP contribution in [0.5, 0.6) is 0 Å². The summed E-state index contributed by atoms with van der Waals surface area (Å²) in [4.78, 5) is 24.5. The highest BCUT2D eigenvalue weighted by Gasteiger charge is 2.21. The molecule has 106 valence electrons. The van der Waals surface area contributed by atoms with Crippen molar-refractivity contribution in [3.8, 4) is 0 Å². The van der Waals surface area contributed by atoms with E-state index in [4.69, 9.17) is 9.72 Å². The Morgan fingerprint density at radius 1 is 1.20 bits per heavy atom. The number of morpholine rings is 1. The van der Waals surface area contributed by atoms with Crippen LogP contribution in [0.2, 0.25) is 0 Å². The van der Waals surface area contributed by atoms with Gasteiger partial charge in [-0.2, -0.15) is 0 Å². The topological polar surface area (TPSA) is 58.2 Å². The molecule has 0 amide bonds. The van der Waals surface area contributed by atoms with Crippen LogP contribution in [0, 0.1) is 0 Å². The summed E-state index contributed by atoms with van der Waals surface area (Å²) in [7, 11) is 0. The Morgan fingerprint density at radius 2 is 2.00 bits per heavy atom. The quantitative estimate of drug-likeness (QED) is 0.869. The molecule has 6 heteroatoms. The Morgan fingerprint density at radius 3 is 2.85 bits per heavy atom. The van der Waals surface area contributed by atoms with Gasteiger partial charge >= 0.3 is 0 Å². The van der Waals surface area contributed by atoms with Gasteiger partial charge in [-0.1, -0.05) is 0 Å². The summed E-state index contributed by atoms with van der Waals surface area (Å²) >= 11 is 1.70. The monoisotopic (exact) mass is 291 g/mol. The van der Waals surface area contributed by atoms with Gasteiger partial charge in [0.2, 0.25) is 5.95 Å². The van der Waals surface area contributed by atoms with E-state index in [9.17, 15) is 4.79 Å². The Balaban J connectivity index is 1.83. The van der Waals surface area contributed by atoms with Gasteiger partial charge in [-0.05, 0) is 31.2 Å². The Bertz CT molecular complexity index is 700. The maximum Gasteiger partial charge on any atom is 0.261 e. The second-order valence-electron chi connectivity index (χ2n) is 5.38. The number of anilines is 1. The number of ether oxygens (including phenoxy) is 1. The fraction of sp³-hybridized carbons (Fsp3) is 0.571. The van der Waals surface area contributed by atoms with Gasteiger partial charge in [0.05, 0.1) is 18.6 Å². The molecule has 2 aliphatic rings. The first-order valence-electron chi connectivity index (χ1n) is 7.20. The van der Waals surface area contributed by atoms with Crippen molar-refractivity contribution in [1.82, 2.24) is 9.97 Å². The molecule has 0 aromatic carbocycles. The number of aromatic nitrogens is 2. The third kappa shape index (κ3) is 1.94. The molecule has 2 aromatic rings. The van der Waals surface area contributed by atoms with Gasteiger partial charge in [-0.25, -0.2) is 4.98 Å². The van der Waals surface area contributed by atoms with Crippen LogP contribution in [0.3, 0.4) is 0 Å². The maximum atomic E-state index is 12.4. The van der Waals surface area contributed by atoms with Gasteiger partial charge in [-0.15, -0.1) is 11.3 Å². The highest BCUT2D eigenvalue weighted by Crippen LogP contribution is 2.34. The van der Waals surface area contributed by atoms with Gasteiger partial charge in [0, 0.05) is 18.0 Å².